The van der Waals surface area contributed by atoms with Crippen molar-refractivity contribution in [1.29, 1.82) is 0 Å². The summed E-state index contributed by atoms with van der Waals surface area (Å²) in [5.41, 5.74) is 6.19. The molecule has 1 aromatic heterocycles. The topological polar surface area (TPSA) is 58.3 Å². The zero-order valence-corrected chi connectivity index (χ0v) is 10.6. The molecule has 1 fully saturated rings. The van der Waals surface area contributed by atoms with Crippen LogP contribution in [0.2, 0.25) is 0 Å². The predicted octanol–water partition coefficient (Wildman–Crippen LogP) is 0.979. The van der Waals surface area contributed by atoms with E-state index in [9.17, 15) is 0 Å². The first-order valence-corrected chi connectivity index (χ1v) is 6.23. The Morgan fingerprint density at radius 2 is 2.18 bits per heavy atom. The highest BCUT2D eigenvalue weighted by Gasteiger charge is 2.24. The van der Waals surface area contributed by atoms with Crippen molar-refractivity contribution in [3.8, 4) is 0 Å². The molecular weight excluding hydrogens is 214 g/mol. The highest BCUT2D eigenvalue weighted by molar-refractivity contribution is 5.37. The van der Waals surface area contributed by atoms with E-state index in [1.54, 1.807) is 12.4 Å². The van der Waals surface area contributed by atoms with Crippen molar-refractivity contribution in [3.05, 3.63) is 12.4 Å². The summed E-state index contributed by atoms with van der Waals surface area (Å²) in [6.07, 6.45) is 5.89. The molecule has 0 saturated carbocycles. The van der Waals surface area contributed by atoms with Crippen molar-refractivity contribution in [2.45, 2.75) is 25.8 Å². The molecule has 0 aromatic carbocycles. The number of hydrogen-bond acceptors (Lipinski definition) is 5. The van der Waals surface area contributed by atoms with Gasteiger partial charge in [0.15, 0.2) is 0 Å². The Morgan fingerprint density at radius 3 is 2.82 bits per heavy atom. The minimum atomic E-state index is 0.609. The average molecular weight is 235 g/mol. The SMILES string of the molecule is CCN1CCCC1CN(C)c1ncc(N)cn1. The molecule has 17 heavy (non-hydrogen) atoms. The molecule has 2 heterocycles. The molecular formula is C12H21N5. The molecule has 0 radical (unpaired) electrons. The fourth-order valence-electron chi connectivity index (χ4n) is 2.44. The number of anilines is 2. The third-order valence-corrected chi connectivity index (χ3v) is 3.39. The minimum absolute atomic E-state index is 0.609. The van der Waals surface area contributed by atoms with Gasteiger partial charge < -0.3 is 10.6 Å². The Kier molecular flexibility index (Phi) is 3.78. The van der Waals surface area contributed by atoms with Crippen LogP contribution in [0.1, 0.15) is 19.8 Å². The maximum absolute atomic E-state index is 5.58. The van der Waals surface area contributed by atoms with Crippen LogP contribution in [0.4, 0.5) is 11.6 Å². The molecule has 0 spiro atoms. The van der Waals surface area contributed by atoms with Crippen LogP contribution in [-0.4, -0.2) is 47.6 Å². The van der Waals surface area contributed by atoms with E-state index >= 15 is 0 Å². The molecule has 1 saturated heterocycles. The second-order valence-electron chi connectivity index (χ2n) is 4.62. The summed E-state index contributed by atoms with van der Waals surface area (Å²) in [7, 11) is 2.04. The molecule has 2 rings (SSSR count). The molecule has 1 aliphatic heterocycles. The number of likely N-dealkylation sites (tertiary alicyclic amines) is 1. The number of rotatable bonds is 4. The Bertz CT molecular complexity index is 350. The Morgan fingerprint density at radius 1 is 1.47 bits per heavy atom. The monoisotopic (exact) mass is 235 g/mol. The van der Waals surface area contributed by atoms with Crippen LogP contribution in [0, 0.1) is 0 Å². The smallest absolute Gasteiger partial charge is 0.225 e. The van der Waals surface area contributed by atoms with Gasteiger partial charge in [-0.25, -0.2) is 9.97 Å². The minimum Gasteiger partial charge on any atom is -0.396 e. The molecule has 0 amide bonds. The Hall–Kier alpha value is -1.36. The van der Waals surface area contributed by atoms with Crippen LogP contribution in [0.5, 0.6) is 0 Å². The van der Waals surface area contributed by atoms with Gasteiger partial charge in [-0.2, -0.15) is 0 Å². The zero-order chi connectivity index (χ0) is 12.3. The maximum Gasteiger partial charge on any atom is 0.225 e. The average Bonchev–Trinajstić information content (AvgIpc) is 2.77. The van der Waals surface area contributed by atoms with Gasteiger partial charge in [-0.1, -0.05) is 6.92 Å². The summed E-state index contributed by atoms with van der Waals surface area (Å²) in [5.74, 6) is 0.752. The number of aromatic nitrogens is 2. The van der Waals surface area contributed by atoms with E-state index in [0.717, 1.165) is 19.0 Å². The second kappa shape index (κ2) is 5.31. The van der Waals surface area contributed by atoms with Crippen LogP contribution in [0.15, 0.2) is 12.4 Å². The Balaban J connectivity index is 1.96. The summed E-state index contributed by atoms with van der Waals surface area (Å²) < 4.78 is 0. The van der Waals surface area contributed by atoms with Crippen molar-refractivity contribution in [1.82, 2.24) is 14.9 Å². The lowest BCUT2D eigenvalue weighted by atomic mass is 10.2. The Labute approximate surface area is 103 Å². The zero-order valence-electron chi connectivity index (χ0n) is 10.6. The van der Waals surface area contributed by atoms with Crippen LogP contribution in [0.3, 0.4) is 0 Å². The summed E-state index contributed by atoms with van der Waals surface area (Å²) >= 11 is 0. The van der Waals surface area contributed by atoms with Gasteiger partial charge in [0, 0.05) is 19.6 Å². The van der Waals surface area contributed by atoms with Crippen LogP contribution >= 0.6 is 0 Å². The van der Waals surface area contributed by atoms with Gasteiger partial charge in [-0.05, 0) is 25.9 Å². The summed E-state index contributed by atoms with van der Waals surface area (Å²) in [5, 5.41) is 0. The van der Waals surface area contributed by atoms with Gasteiger partial charge in [0.2, 0.25) is 5.95 Å². The first-order valence-electron chi connectivity index (χ1n) is 6.23. The van der Waals surface area contributed by atoms with E-state index in [2.05, 4.69) is 26.7 Å². The van der Waals surface area contributed by atoms with E-state index < -0.39 is 0 Å². The first kappa shape index (κ1) is 12.1. The van der Waals surface area contributed by atoms with E-state index in [1.165, 1.54) is 19.4 Å². The van der Waals surface area contributed by atoms with Gasteiger partial charge in [0.1, 0.15) is 0 Å². The lowest BCUT2D eigenvalue weighted by Crippen LogP contribution is -2.39. The summed E-state index contributed by atoms with van der Waals surface area (Å²) in [4.78, 5) is 13.1. The van der Waals surface area contributed by atoms with E-state index in [0.29, 0.717) is 11.7 Å². The maximum atomic E-state index is 5.58. The molecule has 1 aliphatic rings. The van der Waals surface area contributed by atoms with E-state index in [1.807, 2.05) is 7.05 Å². The lowest BCUT2D eigenvalue weighted by molar-refractivity contribution is 0.270. The second-order valence-corrected chi connectivity index (χ2v) is 4.62. The molecule has 1 aromatic rings. The highest BCUT2D eigenvalue weighted by Crippen LogP contribution is 2.18. The van der Waals surface area contributed by atoms with Crippen molar-refractivity contribution in [2.75, 3.05) is 37.3 Å². The van der Waals surface area contributed by atoms with Crippen LogP contribution in [-0.2, 0) is 0 Å². The number of hydrogen-bond donors (Lipinski definition) is 1. The van der Waals surface area contributed by atoms with Crippen LogP contribution < -0.4 is 10.6 Å². The summed E-state index contributed by atoms with van der Waals surface area (Å²) in [6.45, 7) is 5.55. The fourth-order valence-corrected chi connectivity index (χ4v) is 2.44. The molecule has 1 unspecified atom stereocenters. The normalized spacial score (nSPS) is 20.7. The number of nitrogens with two attached hydrogens (primary N) is 1. The quantitative estimate of drug-likeness (QED) is 0.843. The number of likely N-dealkylation sites (N-methyl/N-ethyl adjacent to an activating group) is 2. The largest absolute Gasteiger partial charge is 0.396 e. The third kappa shape index (κ3) is 2.85. The fraction of sp³-hybridized carbons (Fsp3) is 0.667. The van der Waals surface area contributed by atoms with Crippen molar-refractivity contribution in [2.24, 2.45) is 0 Å². The molecule has 0 aliphatic carbocycles. The summed E-state index contributed by atoms with van der Waals surface area (Å²) in [6, 6.07) is 0.631. The van der Waals surface area contributed by atoms with Crippen molar-refractivity contribution < 1.29 is 0 Å². The van der Waals surface area contributed by atoms with Crippen molar-refractivity contribution >= 4 is 11.6 Å². The van der Waals surface area contributed by atoms with Crippen molar-refractivity contribution in [3.63, 3.8) is 0 Å². The molecule has 0 bridgehead atoms. The van der Waals surface area contributed by atoms with Gasteiger partial charge >= 0.3 is 0 Å². The molecule has 2 N–H and O–H groups in total. The highest BCUT2D eigenvalue weighted by atomic mass is 15.3. The molecule has 5 nitrogen and oxygen atoms in total. The third-order valence-electron chi connectivity index (χ3n) is 3.39. The number of nitrogen functional groups attached to an aromatic ring is 1. The van der Waals surface area contributed by atoms with Gasteiger partial charge in [-0.15, -0.1) is 0 Å². The molecule has 94 valence electrons. The predicted molar refractivity (Wildman–Crippen MR) is 70.0 cm³/mol. The van der Waals surface area contributed by atoms with Gasteiger partial charge in [0.25, 0.3) is 0 Å². The first-order chi connectivity index (χ1) is 8.20. The number of nitrogens with zero attached hydrogens (tertiary/aromatic N) is 4. The standard InChI is InChI=1S/C12H21N5/c1-3-17-6-4-5-11(17)9-16(2)12-14-7-10(13)8-15-12/h7-8,11H,3-6,9,13H2,1-2H3. The molecule has 5 heteroatoms. The van der Waals surface area contributed by atoms with Crippen LogP contribution in [0.25, 0.3) is 0 Å². The van der Waals surface area contributed by atoms with Gasteiger partial charge in [0.05, 0.1) is 18.1 Å². The van der Waals surface area contributed by atoms with Gasteiger partial charge in [-0.3, -0.25) is 4.90 Å². The van der Waals surface area contributed by atoms with E-state index in [-0.39, 0.29) is 0 Å². The molecule has 1 atom stereocenters. The lowest BCUT2D eigenvalue weighted by Gasteiger charge is -2.27. The van der Waals surface area contributed by atoms with E-state index in [4.69, 9.17) is 5.73 Å².